The van der Waals surface area contributed by atoms with Gasteiger partial charge in [0.05, 0.1) is 24.9 Å². The van der Waals surface area contributed by atoms with Crippen LogP contribution in [-0.2, 0) is 25.3 Å². The molecule has 2 saturated heterocycles. The van der Waals surface area contributed by atoms with Gasteiger partial charge in [0.2, 0.25) is 15.9 Å². The van der Waals surface area contributed by atoms with Gasteiger partial charge in [0.25, 0.3) is 0 Å². The van der Waals surface area contributed by atoms with E-state index >= 15 is 0 Å². The molecular weight excluding hydrogens is 364 g/mol. The number of carbonyl (C=O) groups excluding carboxylic acids is 1. The number of halogens is 1. The number of hydrogen-bond acceptors (Lipinski definition) is 4. The van der Waals surface area contributed by atoms with Crippen molar-refractivity contribution in [3.8, 4) is 0 Å². The van der Waals surface area contributed by atoms with Crippen LogP contribution in [0.5, 0.6) is 0 Å². The topological polar surface area (TPSA) is 66.9 Å². The van der Waals surface area contributed by atoms with Gasteiger partial charge in [-0.05, 0) is 30.5 Å². The molecule has 1 atom stereocenters. The van der Waals surface area contributed by atoms with E-state index in [1.165, 1.54) is 4.31 Å². The highest BCUT2D eigenvalue weighted by Gasteiger charge is 2.34. The number of ether oxygens (including phenoxy) is 1. The van der Waals surface area contributed by atoms with Crippen molar-refractivity contribution in [1.29, 1.82) is 0 Å². The van der Waals surface area contributed by atoms with Gasteiger partial charge in [-0.3, -0.25) is 4.79 Å². The lowest BCUT2D eigenvalue weighted by atomic mass is 9.98. The number of hydrogen-bond donors (Lipinski definition) is 0. The van der Waals surface area contributed by atoms with E-state index in [4.69, 9.17) is 16.3 Å². The Kier molecular flexibility index (Phi) is 5.99. The fraction of sp³-hybridized carbons (Fsp3) is 0.588. The Morgan fingerprint density at radius 1 is 1.24 bits per heavy atom. The molecule has 2 fully saturated rings. The standard InChI is InChI=1S/C17H23ClN2O4S/c18-16-5-1-3-14(11-16)13-25(22,23)20-6-2-4-15(12-20)17(21)19-7-9-24-10-8-19/h1,3,5,11,15H,2,4,6-10,12-13H2. The Labute approximate surface area is 153 Å². The van der Waals surface area contributed by atoms with Crippen LogP contribution in [0.15, 0.2) is 24.3 Å². The van der Waals surface area contributed by atoms with E-state index in [0.717, 1.165) is 6.42 Å². The highest BCUT2D eigenvalue weighted by molar-refractivity contribution is 7.88. The van der Waals surface area contributed by atoms with Crippen molar-refractivity contribution in [2.24, 2.45) is 5.92 Å². The van der Waals surface area contributed by atoms with Crippen LogP contribution in [0.2, 0.25) is 5.02 Å². The molecule has 6 nitrogen and oxygen atoms in total. The second-order valence-corrected chi connectivity index (χ2v) is 8.93. The molecule has 25 heavy (non-hydrogen) atoms. The van der Waals surface area contributed by atoms with E-state index in [1.54, 1.807) is 29.2 Å². The number of sulfonamides is 1. The van der Waals surface area contributed by atoms with Crippen molar-refractivity contribution in [2.45, 2.75) is 18.6 Å². The normalized spacial score (nSPS) is 22.8. The highest BCUT2D eigenvalue weighted by atomic mass is 35.5. The van der Waals surface area contributed by atoms with Crippen molar-refractivity contribution in [2.75, 3.05) is 39.4 Å². The molecule has 1 aromatic rings. The van der Waals surface area contributed by atoms with E-state index in [0.29, 0.717) is 49.9 Å². The summed E-state index contributed by atoms with van der Waals surface area (Å²) >= 11 is 5.94. The average molecular weight is 387 g/mol. The maximum Gasteiger partial charge on any atom is 0.227 e. The van der Waals surface area contributed by atoms with Crippen molar-refractivity contribution in [3.63, 3.8) is 0 Å². The van der Waals surface area contributed by atoms with Crippen LogP contribution >= 0.6 is 11.6 Å². The summed E-state index contributed by atoms with van der Waals surface area (Å²) in [6.07, 6.45) is 1.44. The molecule has 0 saturated carbocycles. The van der Waals surface area contributed by atoms with E-state index < -0.39 is 10.0 Å². The Bertz CT molecular complexity index is 719. The number of morpholine rings is 1. The molecule has 2 aliphatic rings. The van der Waals surface area contributed by atoms with E-state index in [9.17, 15) is 13.2 Å². The number of nitrogens with zero attached hydrogens (tertiary/aromatic N) is 2. The van der Waals surface area contributed by atoms with E-state index in [-0.39, 0.29) is 24.1 Å². The van der Waals surface area contributed by atoms with Gasteiger partial charge in [-0.15, -0.1) is 0 Å². The van der Waals surface area contributed by atoms with E-state index in [1.807, 2.05) is 0 Å². The Morgan fingerprint density at radius 2 is 2.00 bits per heavy atom. The quantitative estimate of drug-likeness (QED) is 0.790. The molecular formula is C17H23ClN2O4S. The van der Waals surface area contributed by atoms with Crippen LogP contribution < -0.4 is 0 Å². The minimum absolute atomic E-state index is 0.0472. The molecule has 0 aromatic heterocycles. The lowest BCUT2D eigenvalue weighted by molar-refractivity contribution is -0.140. The smallest absolute Gasteiger partial charge is 0.227 e. The predicted octanol–water partition coefficient (Wildman–Crippen LogP) is 1.74. The maximum atomic E-state index is 12.7. The molecule has 2 aliphatic heterocycles. The molecule has 1 amide bonds. The van der Waals surface area contributed by atoms with Crippen LogP contribution in [0.25, 0.3) is 0 Å². The molecule has 0 spiro atoms. The van der Waals surface area contributed by atoms with E-state index in [2.05, 4.69) is 0 Å². The fourth-order valence-corrected chi connectivity index (χ4v) is 5.18. The molecule has 138 valence electrons. The monoisotopic (exact) mass is 386 g/mol. The lowest BCUT2D eigenvalue weighted by Crippen LogP contribution is -2.49. The van der Waals surface area contributed by atoms with Gasteiger partial charge in [-0.1, -0.05) is 23.7 Å². The molecule has 0 aliphatic carbocycles. The number of amides is 1. The average Bonchev–Trinajstić information content (AvgIpc) is 2.61. The minimum Gasteiger partial charge on any atom is -0.378 e. The van der Waals surface area contributed by atoms with Gasteiger partial charge in [-0.2, -0.15) is 0 Å². The third-order valence-electron chi connectivity index (χ3n) is 4.69. The Balaban J connectivity index is 1.66. The SMILES string of the molecule is O=C(C1CCCN(S(=O)(=O)Cc2cccc(Cl)c2)C1)N1CCOCC1. The summed E-state index contributed by atoms with van der Waals surface area (Å²) < 4.78 is 32.2. The van der Waals surface area contributed by atoms with Crippen molar-refractivity contribution < 1.29 is 17.9 Å². The van der Waals surface area contributed by atoms with Crippen LogP contribution in [0, 0.1) is 5.92 Å². The summed E-state index contributed by atoms with van der Waals surface area (Å²) in [6.45, 7) is 3.01. The van der Waals surface area contributed by atoms with Crippen LogP contribution in [0.3, 0.4) is 0 Å². The van der Waals surface area contributed by atoms with Crippen LogP contribution in [0.1, 0.15) is 18.4 Å². The number of carbonyl (C=O) groups is 1. The zero-order valence-electron chi connectivity index (χ0n) is 14.1. The lowest BCUT2D eigenvalue weighted by Gasteiger charge is -2.35. The second kappa shape index (κ2) is 8.03. The van der Waals surface area contributed by atoms with Gasteiger partial charge >= 0.3 is 0 Å². The minimum atomic E-state index is -3.47. The molecule has 2 heterocycles. The Hall–Kier alpha value is -1.15. The van der Waals surface area contributed by atoms with Gasteiger partial charge in [0.15, 0.2) is 0 Å². The fourth-order valence-electron chi connectivity index (χ4n) is 3.37. The molecule has 0 radical (unpaired) electrons. The largest absolute Gasteiger partial charge is 0.378 e. The van der Waals surface area contributed by atoms with Crippen molar-refractivity contribution >= 4 is 27.5 Å². The van der Waals surface area contributed by atoms with Gasteiger partial charge in [-0.25, -0.2) is 12.7 Å². The summed E-state index contributed by atoms with van der Waals surface area (Å²) in [5.41, 5.74) is 0.661. The first kappa shape index (κ1) is 18.6. The van der Waals surface area contributed by atoms with Crippen LogP contribution in [0.4, 0.5) is 0 Å². The number of benzene rings is 1. The third-order valence-corrected chi connectivity index (χ3v) is 6.74. The number of piperidine rings is 1. The van der Waals surface area contributed by atoms with Gasteiger partial charge < -0.3 is 9.64 Å². The first-order valence-electron chi connectivity index (χ1n) is 8.54. The first-order valence-corrected chi connectivity index (χ1v) is 10.5. The molecule has 0 N–H and O–H groups in total. The zero-order valence-corrected chi connectivity index (χ0v) is 15.6. The molecule has 0 bridgehead atoms. The predicted molar refractivity (Wildman–Crippen MR) is 95.8 cm³/mol. The maximum absolute atomic E-state index is 12.7. The number of rotatable bonds is 4. The molecule has 3 rings (SSSR count). The summed E-state index contributed by atoms with van der Waals surface area (Å²) in [5, 5.41) is 0.520. The highest BCUT2D eigenvalue weighted by Crippen LogP contribution is 2.24. The molecule has 1 unspecified atom stereocenters. The summed E-state index contributed by atoms with van der Waals surface area (Å²) in [6, 6.07) is 6.88. The van der Waals surface area contributed by atoms with Crippen molar-refractivity contribution in [1.82, 2.24) is 9.21 Å². The van der Waals surface area contributed by atoms with Crippen molar-refractivity contribution in [3.05, 3.63) is 34.9 Å². The first-order chi connectivity index (χ1) is 12.0. The molecule has 8 heteroatoms. The summed E-state index contributed by atoms with van der Waals surface area (Å²) in [5.74, 6) is -0.307. The van der Waals surface area contributed by atoms with Crippen LogP contribution in [-0.4, -0.2) is 62.9 Å². The summed E-state index contributed by atoms with van der Waals surface area (Å²) in [4.78, 5) is 14.5. The third kappa shape index (κ3) is 4.73. The second-order valence-electron chi connectivity index (χ2n) is 6.52. The Morgan fingerprint density at radius 3 is 2.72 bits per heavy atom. The van der Waals surface area contributed by atoms with Gasteiger partial charge in [0, 0.05) is 31.2 Å². The van der Waals surface area contributed by atoms with Gasteiger partial charge in [0.1, 0.15) is 0 Å². The summed E-state index contributed by atoms with van der Waals surface area (Å²) in [7, 11) is -3.47. The molecule has 1 aromatic carbocycles. The zero-order chi connectivity index (χ0) is 17.9.